The smallest absolute Gasteiger partial charge is 0.407 e. The fourth-order valence-corrected chi connectivity index (χ4v) is 2.44. The Morgan fingerprint density at radius 2 is 2.12 bits per heavy atom. The largest absolute Gasteiger partial charge is 0.444 e. The van der Waals surface area contributed by atoms with Crippen molar-refractivity contribution in [3.63, 3.8) is 0 Å². The Morgan fingerprint density at radius 1 is 1.35 bits per heavy atom. The number of carbonyl (C=O) groups is 1. The zero-order valence-corrected chi connectivity index (χ0v) is 11.0. The van der Waals surface area contributed by atoms with Crippen LogP contribution in [-0.4, -0.2) is 30.4 Å². The maximum atomic E-state index is 11.4. The Kier molecular flexibility index (Phi) is 3.61. The van der Waals surface area contributed by atoms with Gasteiger partial charge in [0, 0.05) is 6.54 Å². The lowest BCUT2D eigenvalue weighted by molar-refractivity contribution is 0.0524. The molecule has 2 rings (SSSR count). The van der Waals surface area contributed by atoms with Gasteiger partial charge in [-0.2, -0.15) is 0 Å². The lowest BCUT2D eigenvalue weighted by Gasteiger charge is -2.21. The molecule has 1 N–H and O–H groups in total. The third-order valence-corrected chi connectivity index (χ3v) is 3.33. The van der Waals surface area contributed by atoms with E-state index in [1.165, 1.54) is 19.3 Å². The molecule has 0 aromatic rings. The van der Waals surface area contributed by atoms with Crippen LogP contribution in [0.3, 0.4) is 0 Å². The maximum absolute atomic E-state index is 11.4. The highest BCUT2D eigenvalue weighted by Gasteiger charge is 2.43. The van der Waals surface area contributed by atoms with Crippen LogP contribution in [0, 0.1) is 5.92 Å². The summed E-state index contributed by atoms with van der Waals surface area (Å²) in [6, 6.07) is 0. The number of hydrogen-bond acceptors (Lipinski definition) is 3. The van der Waals surface area contributed by atoms with Gasteiger partial charge in [-0.1, -0.05) is 0 Å². The van der Waals surface area contributed by atoms with Gasteiger partial charge in [0.2, 0.25) is 0 Å². The molecule has 3 atom stereocenters. The summed E-state index contributed by atoms with van der Waals surface area (Å²) in [4.78, 5) is 11.4. The van der Waals surface area contributed by atoms with Crippen LogP contribution in [0.4, 0.5) is 4.79 Å². The van der Waals surface area contributed by atoms with Crippen molar-refractivity contribution in [3.05, 3.63) is 0 Å². The molecule has 98 valence electrons. The van der Waals surface area contributed by atoms with Gasteiger partial charge >= 0.3 is 6.09 Å². The molecule has 4 nitrogen and oxygen atoms in total. The van der Waals surface area contributed by atoms with Crippen molar-refractivity contribution in [2.75, 3.05) is 6.54 Å². The minimum Gasteiger partial charge on any atom is -0.444 e. The Labute approximate surface area is 103 Å². The molecule has 2 fully saturated rings. The van der Waals surface area contributed by atoms with Gasteiger partial charge in [0.05, 0.1) is 12.2 Å². The molecule has 0 radical (unpaired) electrons. The van der Waals surface area contributed by atoms with Crippen LogP contribution in [0.15, 0.2) is 0 Å². The minimum atomic E-state index is -0.413. The van der Waals surface area contributed by atoms with E-state index in [1.54, 1.807) is 0 Å². The first kappa shape index (κ1) is 12.7. The van der Waals surface area contributed by atoms with Crippen LogP contribution < -0.4 is 5.32 Å². The second-order valence-electron chi connectivity index (χ2n) is 6.11. The maximum Gasteiger partial charge on any atom is 0.407 e. The number of rotatable bonds is 3. The van der Waals surface area contributed by atoms with E-state index < -0.39 is 5.60 Å². The summed E-state index contributed by atoms with van der Waals surface area (Å²) in [5.74, 6) is 0.702. The first-order valence-corrected chi connectivity index (χ1v) is 6.56. The lowest BCUT2D eigenvalue weighted by atomic mass is 9.87. The Bertz CT molecular complexity index is 285. The number of amides is 1. The number of epoxide rings is 1. The molecular formula is C13H23NO3. The summed E-state index contributed by atoms with van der Waals surface area (Å²) in [5, 5.41) is 2.81. The van der Waals surface area contributed by atoms with Crippen LogP contribution in [-0.2, 0) is 9.47 Å². The normalized spacial score (nSPS) is 31.6. The summed E-state index contributed by atoms with van der Waals surface area (Å²) in [7, 11) is 0. The molecule has 0 aromatic carbocycles. The standard InChI is InChI=1S/C13H23NO3/c1-13(2,3)17-12(15)14-7-6-9-4-5-10-11(8-9)16-10/h9-11H,4-8H2,1-3H3,(H,14,15). The molecule has 0 spiro atoms. The van der Waals surface area contributed by atoms with Crippen molar-refractivity contribution in [2.24, 2.45) is 5.92 Å². The van der Waals surface area contributed by atoms with Gasteiger partial charge < -0.3 is 14.8 Å². The zero-order valence-electron chi connectivity index (χ0n) is 11.0. The van der Waals surface area contributed by atoms with E-state index in [2.05, 4.69) is 5.32 Å². The van der Waals surface area contributed by atoms with E-state index in [9.17, 15) is 4.79 Å². The fourth-order valence-electron chi connectivity index (χ4n) is 2.44. The SMILES string of the molecule is CC(C)(C)OC(=O)NCCC1CCC2OC2C1. The van der Waals surface area contributed by atoms with Gasteiger partial charge in [-0.3, -0.25) is 0 Å². The highest BCUT2D eigenvalue weighted by atomic mass is 16.6. The van der Waals surface area contributed by atoms with Gasteiger partial charge in [-0.05, 0) is 52.4 Å². The van der Waals surface area contributed by atoms with Crippen molar-refractivity contribution in [3.8, 4) is 0 Å². The minimum absolute atomic E-state index is 0.311. The summed E-state index contributed by atoms with van der Waals surface area (Å²) < 4.78 is 10.7. The van der Waals surface area contributed by atoms with E-state index in [0.717, 1.165) is 6.42 Å². The van der Waals surface area contributed by atoms with E-state index in [1.807, 2.05) is 20.8 Å². The predicted octanol–water partition coefficient (Wildman–Crippen LogP) is 2.47. The van der Waals surface area contributed by atoms with Crippen molar-refractivity contribution >= 4 is 6.09 Å². The molecule has 2 aliphatic rings. The summed E-state index contributed by atoms with van der Waals surface area (Å²) in [6.45, 7) is 6.33. The quantitative estimate of drug-likeness (QED) is 0.772. The van der Waals surface area contributed by atoms with Crippen LogP contribution in [0.1, 0.15) is 46.5 Å². The van der Waals surface area contributed by atoms with Crippen molar-refractivity contribution in [1.82, 2.24) is 5.32 Å². The van der Waals surface area contributed by atoms with Crippen LogP contribution in [0.25, 0.3) is 0 Å². The number of fused-ring (bicyclic) bond motifs is 1. The molecule has 1 amide bonds. The second-order valence-corrected chi connectivity index (χ2v) is 6.11. The van der Waals surface area contributed by atoms with Crippen LogP contribution >= 0.6 is 0 Å². The van der Waals surface area contributed by atoms with E-state index in [0.29, 0.717) is 24.7 Å². The zero-order chi connectivity index (χ0) is 12.5. The summed E-state index contributed by atoms with van der Waals surface area (Å²) in [5.41, 5.74) is -0.413. The first-order chi connectivity index (χ1) is 7.94. The molecule has 0 bridgehead atoms. The second kappa shape index (κ2) is 4.84. The lowest BCUT2D eigenvalue weighted by Crippen LogP contribution is -2.33. The number of hydrogen-bond donors (Lipinski definition) is 1. The number of alkyl carbamates (subject to hydrolysis) is 1. The van der Waals surface area contributed by atoms with Gasteiger partial charge in [-0.15, -0.1) is 0 Å². The van der Waals surface area contributed by atoms with Gasteiger partial charge in [-0.25, -0.2) is 4.79 Å². The molecule has 1 aliphatic heterocycles. The predicted molar refractivity (Wildman–Crippen MR) is 64.9 cm³/mol. The average Bonchev–Trinajstić information content (AvgIpc) is 2.92. The van der Waals surface area contributed by atoms with Gasteiger partial charge in [0.1, 0.15) is 5.60 Å². The highest BCUT2D eigenvalue weighted by molar-refractivity contribution is 5.67. The third kappa shape index (κ3) is 4.19. The third-order valence-electron chi connectivity index (χ3n) is 3.33. The first-order valence-electron chi connectivity index (χ1n) is 6.56. The Hall–Kier alpha value is -0.770. The van der Waals surface area contributed by atoms with Crippen molar-refractivity contribution in [1.29, 1.82) is 0 Å². The molecule has 1 saturated carbocycles. The average molecular weight is 241 g/mol. The van der Waals surface area contributed by atoms with Crippen molar-refractivity contribution < 1.29 is 14.3 Å². The van der Waals surface area contributed by atoms with Gasteiger partial charge in [0.15, 0.2) is 0 Å². The highest BCUT2D eigenvalue weighted by Crippen LogP contribution is 2.40. The van der Waals surface area contributed by atoms with E-state index in [4.69, 9.17) is 9.47 Å². The van der Waals surface area contributed by atoms with Crippen LogP contribution in [0.5, 0.6) is 0 Å². The number of carbonyl (C=O) groups excluding carboxylic acids is 1. The monoisotopic (exact) mass is 241 g/mol. The van der Waals surface area contributed by atoms with Crippen LogP contribution in [0.2, 0.25) is 0 Å². The Balaban J connectivity index is 1.57. The fraction of sp³-hybridized carbons (Fsp3) is 0.923. The molecule has 0 aromatic heterocycles. The molecule has 1 aliphatic carbocycles. The Morgan fingerprint density at radius 3 is 2.76 bits per heavy atom. The summed E-state index contributed by atoms with van der Waals surface area (Å²) >= 11 is 0. The molecule has 17 heavy (non-hydrogen) atoms. The molecule has 1 heterocycles. The summed E-state index contributed by atoms with van der Waals surface area (Å²) in [6.07, 6.45) is 5.40. The number of nitrogens with one attached hydrogen (secondary N) is 1. The molecule has 4 heteroatoms. The molecule has 3 unspecified atom stereocenters. The van der Waals surface area contributed by atoms with E-state index >= 15 is 0 Å². The van der Waals surface area contributed by atoms with E-state index in [-0.39, 0.29) is 6.09 Å². The molecule has 1 saturated heterocycles. The molecular weight excluding hydrogens is 218 g/mol. The number of ether oxygens (including phenoxy) is 2. The topological polar surface area (TPSA) is 50.9 Å². The van der Waals surface area contributed by atoms with Crippen molar-refractivity contribution in [2.45, 2.75) is 64.3 Å². The van der Waals surface area contributed by atoms with Gasteiger partial charge in [0.25, 0.3) is 0 Å².